The van der Waals surface area contributed by atoms with Crippen LogP contribution in [0.4, 0.5) is 5.82 Å². The first-order valence-corrected chi connectivity index (χ1v) is 13.3. The van der Waals surface area contributed by atoms with E-state index in [1.165, 1.54) is 16.3 Å². The van der Waals surface area contributed by atoms with Gasteiger partial charge >= 0.3 is 0 Å². The Morgan fingerprint density at radius 1 is 1.16 bits per heavy atom. The van der Waals surface area contributed by atoms with Crippen molar-refractivity contribution in [2.24, 2.45) is 7.05 Å². The molecule has 9 nitrogen and oxygen atoms in total. The summed E-state index contributed by atoms with van der Waals surface area (Å²) in [5.41, 5.74) is 1.90. The molecule has 11 heteroatoms. The van der Waals surface area contributed by atoms with Crippen molar-refractivity contribution < 1.29 is 14.3 Å². The van der Waals surface area contributed by atoms with E-state index in [9.17, 15) is 14.9 Å². The third-order valence-electron chi connectivity index (χ3n) is 7.01. The van der Waals surface area contributed by atoms with Crippen molar-refractivity contribution in [3.8, 4) is 17.6 Å². The van der Waals surface area contributed by atoms with E-state index < -0.39 is 0 Å². The van der Waals surface area contributed by atoms with Gasteiger partial charge in [0.1, 0.15) is 21.8 Å². The molecule has 1 amide bonds. The number of benzene rings is 1. The van der Waals surface area contributed by atoms with Gasteiger partial charge in [0.05, 0.1) is 11.4 Å². The number of fused-ring (bicyclic) bond motifs is 1. The standard InChI is InChI=1S/C26H27N5O4S2/c1-4-29-7-9-30(10-8-29)23-18(16(2)19(13-27)24(32)28(23)3)12-22-25(33)31(26(36)37-22)14-17-5-6-20-21(11-17)35-15-34-20/h5-6,11-12H,4,7-10,14-15H2,1-3H3/b22-12-. The van der Waals surface area contributed by atoms with E-state index in [1.54, 1.807) is 24.9 Å². The van der Waals surface area contributed by atoms with Crippen LogP contribution in [-0.4, -0.2) is 64.1 Å². The average molecular weight is 538 g/mol. The number of hydrogen-bond acceptors (Lipinski definition) is 9. The third kappa shape index (κ3) is 4.61. The molecule has 0 N–H and O–H groups in total. The summed E-state index contributed by atoms with van der Waals surface area (Å²) in [6.45, 7) is 8.61. The number of carbonyl (C=O) groups is 1. The minimum atomic E-state index is -0.333. The van der Waals surface area contributed by atoms with Crippen LogP contribution in [0.2, 0.25) is 0 Å². The van der Waals surface area contributed by atoms with Crippen LogP contribution >= 0.6 is 24.0 Å². The van der Waals surface area contributed by atoms with Gasteiger partial charge < -0.3 is 19.3 Å². The van der Waals surface area contributed by atoms with E-state index >= 15 is 0 Å². The number of nitrogens with zero attached hydrogens (tertiary/aromatic N) is 5. The van der Waals surface area contributed by atoms with Gasteiger partial charge in [0, 0.05) is 38.8 Å². The Hall–Kier alpha value is -3.33. The molecule has 3 aliphatic heterocycles. The summed E-state index contributed by atoms with van der Waals surface area (Å²) in [6.07, 6.45) is 1.79. The van der Waals surface area contributed by atoms with Crippen LogP contribution in [0.3, 0.4) is 0 Å². The molecule has 0 atom stereocenters. The van der Waals surface area contributed by atoms with Gasteiger partial charge in [0.2, 0.25) is 6.79 Å². The molecule has 2 aromatic rings. The number of carbonyl (C=O) groups excluding carboxylic acids is 1. The summed E-state index contributed by atoms with van der Waals surface area (Å²) in [4.78, 5) is 33.0. The van der Waals surface area contributed by atoms with Crippen LogP contribution in [0.5, 0.6) is 11.5 Å². The van der Waals surface area contributed by atoms with E-state index in [-0.39, 0.29) is 23.8 Å². The number of hydrogen-bond donors (Lipinski definition) is 0. The monoisotopic (exact) mass is 537 g/mol. The maximum atomic E-state index is 13.5. The number of piperazine rings is 1. The minimum Gasteiger partial charge on any atom is -0.454 e. The lowest BCUT2D eigenvalue weighted by molar-refractivity contribution is -0.122. The molecule has 5 rings (SSSR count). The fourth-order valence-electron chi connectivity index (χ4n) is 4.86. The molecule has 1 aromatic carbocycles. The zero-order chi connectivity index (χ0) is 26.3. The molecule has 2 saturated heterocycles. The van der Waals surface area contributed by atoms with E-state index in [1.807, 2.05) is 18.2 Å². The Bertz CT molecular complexity index is 1420. The largest absolute Gasteiger partial charge is 0.454 e. The number of likely N-dealkylation sites (N-methyl/N-ethyl adjacent to an activating group) is 1. The highest BCUT2D eigenvalue weighted by Crippen LogP contribution is 2.38. The molecule has 3 aliphatic rings. The van der Waals surface area contributed by atoms with Gasteiger partial charge in [-0.05, 0) is 42.8 Å². The van der Waals surface area contributed by atoms with Crippen molar-refractivity contribution in [2.45, 2.75) is 20.4 Å². The van der Waals surface area contributed by atoms with Crippen molar-refractivity contribution in [3.05, 3.63) is 55.7 Å². The quantitative estimate of drug-likeness (QED) is 0.422. The Morgan fingerprint density at radius 3 is 2.59 bits per heavy atom. The van der Waals surface area contributed by atoms with Gasteiger partial charge in [0.15, 0.2) is 11.5 Å². The molecular formula is C26H27N5O4S2. The molecule has 0 bridgehead atoms. The molecule has 0 radical (unpaired) electrons. The molecule has 37 heavy (non-hydrogen) atoms. The van der Waals surface area contributed by atoms with Crippen LogP contribution in [-0.2, 0) is 18.4 Å². The number of rotatable bonds is 5. The van der Waals surface area contributed by atoms with E-state index in [0.717, 1.165) is 44.1 Å². The first-order chi connectivity index (χ1) is 17.8. The Morgan fingerprint density at radius 2 is 1.89 bits per heavy atom. The van der Waals surface area contributed by atoms with Crippen molar-refractivity contribution in [1.82, 2.24) is 14.4 Å². The van der Waals surface area contributed by atoms with Crippen LogP contribution in [0, 0.1) is 18.3 Å². The Balaban J connectivity index is 1.50. The second-order valence-electron chi connectivity index (χ2n) is 9.09. The van der Waals surface area contributed by atoms with Gasteiger partial charge in [-0.3, -0.25) is 19.1 Å². The summed E-state index contributed by atoms with van der Waals surface area (Å²) in [5, 5.41) is 9.72. The number of thiocarbonyl (C=S) groups is 1. The molecule has 4 heterocycles. The summed E-state index contributed by atoms with van der Waals surface area (Å²) in [6, 6.07) is 7.63. The number of thioether (sulfide) groups is 1. The Kier molecular flexibility index (Phi) is 6.98. The lowest BCUT2D eigenvalue weighted by Crippen LogP contribution is -2.48. The summed E-state index contributed by atoms with van der Waals surface area (Å²) < 4.78 is 12.8. The van der Waals surface area contributed by atoms with Crippen LogP contribution < -0.4 is 19.9 Å². The molecule has 192 valence electrons. The van der Waals surface area contributed by atoms with Crippen molar-refractivity contribution in [3.63, 3.8) is 0 Å². The zero-order valence-electron chi connectivity index (χ0n) is 20.9. The van der Waals surface area contributed by atoms with Gasteiger partial charge in [-0.1, -0.05) is 37.0 Å². The van der Waals surface area contributed by atoms with E-state index in [2.05, 4.69) is 22.8 Å². The number of aromatic nitrogens is 1. The fraction of sp³-hybridized carbons (Fsp3) is 0.385. The summed E-state index contributed by atoms with van der Waals surface area (Å²) in [5.74, 6) is 1.84. The van der Waals surface area contributed by atoms with Gasteiger partial charge in [-0.2, -0.15) is 5.26 Å². The van der Waals surface area contributed by atoms with Crippen molar-refractivity contribution >= 4 is 46.1 Å². The van der Waals surface area contributed by atoms with E-state index in [0.29, 0.717) is 38.4 Å². The molecule has 0 unspecified atom stereocenters. The van der Waals surface area contributed by atoms with Crippen LogP contribution in [0.1, 0.15) is 29.2 Å². The lowest BCUT2D eigenvalue weighted by atomic mass is 10.0. The second kappa shape index (κ2) is 10.2. The molecule has 1 aromatic heterocycles. The predicted molar refractivity (Wildman–Crippen MR) is 147 cm³/mol. The SMILES string of the molecule is CCN1CCN(c2c(/C=C3\SC(=S)N(Cc4ccc5c(c4)OCO5)C3=O)c(C)c(C#N)c(=O)n2C)CC1. The highest BCUT2D eigenvalue weighted by molar-refractivity contribution is 8.26. The molecule has 0 spiro atoms. The zero-order valence-corrected chi connectivity index (χ0v) is 22.6. The topological polar surface area (TPSA) is 91.0 Å². The van der Waals surface area contributed by atoms with Gasteiger partial charge in [-0.25, -0.2) is 0 Å². The average Bonchev–Trinajstić information content (AvgIpc) is 3.47. The number of ether oxygens (including phenoxy) is 2. The van der Waals surface area contributed by atoms with E-state index in [4.69, 9.17) is 21.7 Å². The van der Waals surface area contributed by atoms with Crippen molar-refractivity contribution in [1.29, 1.82) is 5.26 Å². The maximum absolute atomic E-state index is 13.5. The second-order valence-corrected chi connectivity index (χ2v) is 10.8. The number of pyridine rings is 1. The highest BCUT2D eigenvalue weighted by Gasteiger charge is 2.34. The van der Waals surface area contributed by atoms with Crippen LogP contribution in [0.25, 0.3) is 6.08 Å². The molecular weight excluding hydrogens is 510 g/mol. The number of nitriles is 1. The van der Waals surface area contributed by atoms with Gasteiger partial charge in [0.25, 0.3) is 11.5 Å². The normalized spacial score (nSPS) is 18.7. The third-order valence-corrected chi connectivity index (χ3v) is 8.39. The number of amides is 1. The van der Waals surface area contributed by atoms with Crippen molar-refractivity contribution in [2.75, 3.05) is 44.4 Å². The lowest BCUT2D eigenvalue weighted by Gasteiger charge is -2.37. The molecule has 0 aliphatic carbocycles. The first-order valence-electron chi connectivity index (χ1n) is 12.1. The highest BCUT2D eigenvalue weighted by atomic mass is 32.2. The smallest absolute Gasteiger partial charge is 0.270 e. The number of anilines is 1. The Labute approximate surface area is 224 Å². The minimum absolute atomic E-state index is 0.0838. The molecule has 2 fully saturated rings. The van der Waals surface area contributed by atoms with Gasteiger partial charge in [-0.15, -0.1) is 0 Å². The maximum Gasteiger partial charge on any atom is 0.270 e. The fourth-order valence-corrected chi connectivity index (χ4v) is 6.10. The summed E-state index contributed by atoms with van der Waals surface area (Å²) >= 11 is 6.80. The molecule has 0 saturated carbocycles. The predicted octanol–water partition coefficient (Wildman–Crippen LogP) is 2.84. The summed E-state index contributed by atoms with van der Waals surface area (Å²) in [7, 11) is 1.69. The first kappa shape index (κ1) is 25.3. The van der Waals surface area contributed by atoms with Crippen LogP contribution in [0.15, 0.2) is 27.9 Å².